The molecule has 3 heterocycles. The van der Waals surface area contributed by atoms with Crippen molar-refractivity contribution in [3.05, 3.63) is 10.4 Å². The van der Waals surface area contributed by atoms with Crippen LogP contribution in [0.5, 0.6) is 6.01 Å². The molecule has 0 bridgehead atoms. The highest BCUT2D eigenvalue weighted by molar-refractivity contribution is 5.75. The van der Waals surface area contributed by atoms with E-state index in [1.54, 1.807) is 11.5 Å². The topological polar surface area (TPSA) is 104 Å². The van der Waals surface area contributed by atoms with Crippen LogP contribution in [0, 0.1) is 11.8 Å². The van der Waals surface area contributed by atoms with E-state index in [2.05, 4.69) is 32.0 Å². The van der Waals surface area contributed by atoms with Crippen LogP contribution in [-0.4, -0.2) is 51.3 Å². The molecule has 0 aromatic carbocycles. The van der Waals surface area contributed by atoms with Gasteiger partial charge >= 0.3 is 12.0 Å². The fourth-order valence-corrected chi connectivity index (χ4v) is 2.95. The zero-order valence-corrected chi connectivity index (χ0v) is 16.3. The van der Waals surface area contributed by atoms with Gasteiger partial charge in [0.25, 0.3) is 5.56 Å². The van der Waals surface area contributed by atoms with Crippen LogP contribution in [0.25, 0.3) is 11.2 Å². The van der Waals surface area contributed by atoms with Crippen LogP contribution in [0.1, 0.15) is 26.7 Å². The van der Waals surface area contributed by atoms with E-state index in [1.165, 1.54) is 11.6 Å². The van der Waals surface area contributed by atoms with Crippen molar-refractivity contribution in [2.45, 2.75) is 33.2 Å². The van der Waals surface area contributed by atoms with Crippen LogP contribution in [-0.2, 0) is 23.3 Å². The van der Waals surface area contributed by atoms with E-state index in [0.717, 1.165) is 26.2 Å². The maximum Gasteiger partial charge on any atom is 0.355 e. The third-order valence-corrected chi connectivity index (χ3v) is 4.40. The number of carbonyl (C=O) groups is 1. The molecule has 28 heavy (non-hydrogen) atoms. The van der Waals surface area contributed by atoms with Gasteiger partial charge in [-0.3, -0.25) is 13.9 Å². The summed E-state index contributed by atoms with van der Waals surface area (Å²) in [6.07, 6.45) is 0.845. The highest BCUT2D eigenvalue weighted by atomic mass is 17.2. The van der Waals surface area contributed by atoms with Crippen LogP contribution in [0.3, 0.4) is 0 Å². The first kappa shape index (κ1) is 19.7. The van der Waals surface area contributed by atoms with Crippen molar-refractivity contribution in [2.24, 2.45) is 7.05 Å². The van der Waals surface area contributed by atoms with E-state index < -0.39 is 5.97 Å². The Hall–Kier alpha value is -3.06. The quantitative estimate of drug-likeness (QED) is 0.425. The molecule has 0 amide bonds. The molecular weight excluding hydrogens is 364 g/mol. The molecule has 0 unspecified atom stereocenters. The first-order valence-electron chi connectivity index (χ1n) is 9.26. The number of hydrogen-bond acceptors (Lipinski definition) is 8. The number of nitrogens with one attached hydrogen (secondary N) is 1. The molecule has 1 N–H and O–H groups in total. The Morgan fingerprint density at radius 1 is 1.29 bits per heavy atom. The molecule has 0 spiro atoms. The molecule has 0 radical (unpaired) electrons. The molecule has 3 rings (SSSR count). The highest BCUT2D eigenvalue weighted by Gasteiger charge is 2.23. The lowest BCUT2D eigenvalue weighted by Crippen LogP contribution is -2.44. The highest BCUT2D eigenvalue weighted by Crippen LogP contribution is 2.21. The predicted molar refractivity (Wildman–Crippen MR) is 103 cm³/mol. The molecule has 10 nitrogen and oxygen atoms in total. The van der Waals surface area contributed by atoms with Crippen molar-refractivity contribution in [3.8, 4) is 17.9 Å². The van der Waals surface area contributed by atoms with Gasteiger partial charge in [0.2, 0.25) is 5.95 Å². The van der Waals surface area contributed by atoms with Crippen molar-refractivity contribution in [3.63, 3.8) is 0 Å². The van der Waals surface area contributed by atoms with E-state index in [0.29, 0.717) is 24.4 Å². The SMILES string of the molecule is CC#CCn1c(N2CCNCC2)nc2nc(OOC(=O)CCC)n(C)c(=O)c21. The summed E-state index contributed by atoms with van der Waals surface area (Å²) in [6, 6.07) is -0.125. The van der Waals surface area contributed by atoms with Crippen LogP contribution in [0.15, 0.2) is 4.79 Å². The molecule has 0 aliphatic carbocycles. The average molecular weight is 388 g/mol. The van der Waals surface area contributed by atoms with Gasteiger partial charge in [-0.2, -0.15) is 9.97 Å². The minimum atomic E-state index is -0.526. The maximum absolute atomic E-state index is 13.0. The Labute approximate surface area is 162 Å². The Bertz CT molecular complexity index is 978. The zero-order valence-electron chi connectivity index (χ0n) is 16.3. The number of piperazine rings is 1. The van der Waals surface area contributed by atoms with Crippen LogP contribution in [0.2, 0.25) is 0 Å². The molecule has 1 saturated heterocycles. The van der Waals surface area contributed by atoms with Crippen LogP contribution < -0.4 is 20.7 Å². The average Bonchev–Trinajstić information content (AvgIpc) is 3.07. The lowest BCUT2D eigenvalue weighted by molar-refractivity contribution is -0.218. The lowest BCUT2D eigenvalue weighted by Gasteiger charge is -2.28. The molecule has 2 aromatic rings. The van der Waals surface area contributed by atoms with Crippen molar-refractivity contribution < 1.29 is 14.6 Å². The molecule has 0 atom stereocenters. The summed E-state index contributed by atoms with van der Waals surface area (Å²) in [6.45, 7) is 7.12. The van der Waals surface area contributed by atoms with E-state index >= 15 is 0 Å². The Kier molecular flexibility index (Phi) is 6.16. The number of carbonyl (C=O) groups excluding carboxylic acids is 1. The number of rotatable bonds is 6. The summed E-state index contributed by atoms with van der Waals surface area (Å²) in [4.78, 5) is 45.2. The molecule has 1 aliphatic rings. The fourth-order valence-electron chi connectivity index (χ4n) is 2.95. The van der Waals surface area contributed by atoms with E-state index in [4.69, 9.17) is 9.78 Å². The molecule has 2 aromatic heterocycles. The summed E-state index contributed by atoms with van der Waals surface area (Å²) in [5, 5.41) is 3.29. The number of hydrogen-bond donors (Lipinski definition) is 1. The van der Waals surface area contributed by atoms with Gasteiger partial charge in [-0.25, -0.2) is 14.6 Å². The lowest BCUT2D eigenvalue weighted by atomic mass is 10.3. The van der Waals surface area contributed by atoms with Crippen LogP contribution >= 0.6 is 0 Å². The smallest absolute Gasteiger partial charge is 0.340 e. The summed E-state index contributed by atoms with van der Waals surface area (Å²) >= 11 is 0. The van der Waals surface area contributed by atoms with Crippen molar-refractivity contribution in [1.29, 1.82) is 0 Å². The van der Waals surface area contributed by atoms with Crippen molar-refractivity contribution >= 4 is 23.1 Å². The van der Waals surface area contributed by atoms with Gasteiger partial charge in [-0.05, 0) is 13.3 Å². The Balaban J connectivity index is 2.04. The van der Waals surface area contributed by atoms with Gasteiger partial charge < -0.3 is 10.2 Å². The second-order valence-corrected chi connectivity index (χ2v) is 6.38. The van der Waals surface area contributed by atoms with E-state index in [-0.39, 0.29) is 23.6 Å². The first-order valence-corrected chi connectivity index (χ1v) is 9.26. The van der Waals surface area contributed by atoms with Crippen LogP contribution in [0.4, 0.5) is 5.95 Å². The molecular formula is C18H24N6O4. The van der Waals surface area contributed by atoms with Gasteiger partial charge in [0, 0.05) is 39.6 Å². The monoisotopic (exact) mass is 388 g/mol. The number of aromatic nitrogens is 4. The number of fused-ring (bicyclic) bond motifs is 1. The molecule has 0 saturated carbocycles. The summed E-state index contributed by atoms with van der Waals surface area (Å²) in [7, 11) is 1.51. The second kappa shape index (κ2) is 8.75. The largest absolute Gasteiger partial charge is 0.355 e. The minimum absolute atomic E-state index is 0.125. The van der Waals surface area contributed by atoms with Gasteiger partial charge in [0.15, 0.2) is 11.2 Å². The van der Waals surface area contributed by atoms with Gasteiger partial charge in [0.1, 0.15) is 0 Å². The Morgan fingerprint density at radius 3 is 2.71 bits per heavy atom. The van der Waals surface area contributed by atoms with Gasteiger partial charge in [0.05, 0.1) is 6.54 Å². The number of imidazole rings is 1. The number of anilines is 1. The van der Waals surface area contributed by atoms with E-state index in [1.807, 2.05) is 6.92 Å². The predicted octanol–water partition coefficient (Wildman–Crippen LogP) is 0.200. The molecule has 1 fully saturated rings. The summed E-state index contributed by atoms with van der Waals surface area (Å²) in [5.74, 6) is 5.96. The summed E-state index contributed by atoms with van der Waals surface area (Å²) < 4.78 is 2.97. The summed E-state index contributed by atoms with van der Waals surface area (Å²) in [5.41, 5.74) is 0.223. The number of nitrogens with zero attached hydrogens (tertiary/aromatic N) is 5. The second-order valence-electron chi connectivity index (χ2n) is 6.38. The molecule has 1 aliphatic heterocycles. The third-order valence-electron chi connectivity index (χ3n) is 4.40. The standard InChI is InChI=1S/C18H24N6O4/c1-4-6-10-24-14-15(20-17(24)23-11-8-19-9-12-23)21-18(22(3)16(14)26)28-27-13(25)7-5-2/h19H,5,7-12H2,1-3H3. The van der Waals surface area contributed by atoms with Gasteiger partial charge in [-0.1, -0.05) is 12.8 Å². The van der Waals surface area contributed by atoms with Gasteiger partial charge in [-0.15, -0.1) is 5.92 Å². The fraction of sp³-hybridized carbons (Fsp3) is 0.556. The normalized spacial score (nSPS) is 13.9. The first-order chi connectivity index (χ1) is 13.6. The van der Waals surface area contributed by atoms with Crippen molar-refractivity contribution in [2.75, 3.05) is 31.1 Å². The zero-order chi connectivity index (χ0) is 20.1. The van der Waals surface area contributed by atoms with E-state index in [9.17, 15) is 9.59 Å². The Morgan fingerprint density at radius 2 is 2.04 bits per heavy atom. The third kappa shape index (κ3) is 3.94. The maximum atomic E-state index is 13.0. The molecule has 150 valence electrons. The van der Waals surface area contributed by atoms with Crippen molar-refractivity contribution in [1.82, 2.24) is 24.4 Å². The molecule has 10 heteroatoms. The minimum Gasteiger partial charge on any atom is -0.340 e.